The highest BCUT2D eigenvalue weighted by Gasteiger charge is 2.10. The van der Waals surface area contributed by atoms with E-state index in [1.54, 1.807) is 0 Å². The van der Waals surface area contributed by atoms with Gasteiger partial charge in [0.25, 0.3) is 11.3 Å². The minimum atomic E-state index is -0.255. The summed E-state index contributed by atoms with van der Waals surface area (Å²) in [5.41, 5.74) is 9.32. The maximum atomic E-state index is 12.0. The third-order valence-corrected chi connectivity index (χ3v) is 6.00. The molecule has 9 nitrogen and oxygen atoms in total. The number of fused-ring (bicyclic) bond motifs is 1. The van der Waals surface area contributed by atoms with E-state index in [0.29, 0.717) is 11.4 Å². The molecule has 0 aliphatic heterocycles. The van der Waals surface area contributed by atoms with Crippen LogP contribution in [0.15, 0.2) is 33.4 Å². The van der Waals surface area contributed by atoms with Gasteiger partial charge >= 0.3 is 0 Å². The molecule has 0 radical (unpaired) electrons. The molecule has 27 heavy (non-hydrogen) atoms. The van der Waals surface area contributed by atoms with Gasteiger partial charge in [-0.1, -0.05) is 35.2 Å². The van der Waals surface area contributed by atoms with E-state index in [1.807, 2.05) is 12.1 Å². The molecule has 0 bridgehead atoms. The molecule has 0 aliphatic rings. The lowest BCUT2D eigenvalue weighted by Crippen LogP contribution is -2.15. The Labute approximate surface area is 162 Å². The van der Waals surface area contributed by atoms with Crippen LogP contribution in [0.5, 0.6) is 0 Å². The van der Waals surface area contributed by atoms with Gasteiger partial charge < -0.3 is 11.1 Å². The van der Waals surface area contributed by atoms with Gasteiger partial charge in [0.05, 0.1) is 5.69 Å². The van der Waals surface area contributed by atoms with Crippen LogP contribution >= 0.6 is 23.1 Å². The van der Waals surface area contributed by atoms with E-state index >= 15 is 0 Å². The van der Waals surface area contributed by atoms with Crippen LogP contribution in [0.3, 0.4) is 0 Å². The lowest BCUT2D eigenvalue weighted by molar-refractivity contribution is 0.891. The Morgan fingerprint density at radius 3 is 3.00 bits per heavy atom. The average Bonchev–Trinajstić information content (AvgIpc) is 3.23. The van der Waals surface area contributed by atoms with Crippen LogP contribution in [0.1, 0.15) is 16.8 Å². The van der Waals surface area contributed by atoms with Crippen LogP contribution < -0.4 is 16.6 Å². The summed E-state index contributed by atoms with van der Waals surface area (Å²) in [6.45, 7) is 4.14. The topological polar surface area (TPSA) is 127 Å². The summed E-state index contributed by atoms with van der Waals surface area (Å²) < 4.78 is 1.99. The Hall–Kier alpha value is -2.92. The number of hydrogen-bond donors (Lipinski definition) is 3. The molecular formula is C16H16N8OS2. The minimum Gasteiger partial charge on any atom is -0.368 e. The maximum absolute atomic E-state index is 12.0. The van der Waals surface area contributed by atoms with Crippen molar-refractivity contribution in [2.45, 2.75) is 23.9 Å². The van der Waals surface area contributed by atoms with Crippen LogP contribution in [0.2, 0.25) is 0 Å². The molecule has 0 saturated heterocycles. The first-order valence-corrected chi connectivity index (χ1v) is 9.83. The highest BCUT2D eigenvalue weighted by molar-refractivity contribution is 8.00. The summed E-state index contributed by atoms with van der Waals surface area (Å²) in [4.78, 5) is 20.4. The minimum absolute atomic E-state index is 0.149. The largest absolute Gasteiger partial charge is 0.368 e. The Bertz CT molecular complexity index is 1180. The standard InChI is InChI=1S/C16H16N8OS2/c1-8-4-3-5-11(9(8)2)19-15-21-22-16(27-15)26-7-10-6-12(25)24-14(18-10)20-13(17)23-24/h3-6H,7H2,1-2H3,(H,19,21)(H3,17,18,20,23). The number of aromatic amines is 1. The molecule has 3 heterocycles. The lowest BCUT2D eigenvalue weighted by atomic mass is 10.1. The van der Waals surface area contributed by atoms with Crippen molar-refractivity contribution in [1.82, 2.24) is 29.8 Å². The van der Waals surface area contributed by atoms with Crippen molar-refractivity contribution in [1.29, 1.82) is 0 Å². The second-order valence-corrected chi connectivity index (χ2v) is 8.06. The van der Waals surface area contributed by atoms with Gasteiger partial charge in [0, 0.05) is 17.5 Å². The molecule has 4 aromatic rings. The second-order valence-electron chi connectivity index (χ2n) is 5.86. The number of nitrogens with two attached hydrogens (primary N) is 1. The molecule has 0 saturated carbocycles. The van der Waals surface area contributed by atoms with Crippen molar-refractivity contribution in [2.24, 2.45) is 0 Å². The number of nitrogens with zero attached hydrogens (tertiary/aromatic N) is 5. The molecule has 0 amide bonds. The summed E-state index contributed by atoms with van der Waals surface area (Å²) >= 11 is 2.91. The Morgan fingerprint density at radius 1 is 1.30 bits per heavy atom. The van der Waals surface area contributed by atoms with Gasteiger partial charge in [-0.3, -0.25) is 9.89 Å². The SMILES string of the molecule is Cc1cccc(Nc2nnc(SCc3cc(=O)n4[nH]c(N)nc4n3)s2)c1C. The Morgan fingerprint density at radius 2 is 2.15 bits per heavy atom. The summed E-state index contributed by atoms with van der Waals surface area (Å²) in [6, 6.07) is 7.54. The number of aromatic nitrogens is 6. The average molecular weight is 400 g/mol. The highest BCUT2D eigenvalue weighted by Crippen LogP contribution is 2.30. The van der Waals surface area contributed by atoms with Crippen molar-refractivity contribution in [3.63, 3.8) is 0 Å². The normalized spacial score (nSPS) is 11.2. The number of thioether (sulfide) groups is 1. The molecule has 4 rings (SSSR count). The molecule has 3 aromatic heterocycles. The summed E-state index contributed by atoms with van der Waals surface area (Å²) in [7, 11) is 0. The molecule has 0 unspecified atom stereocenters. The number of aryl methyl sites for hydroxylation is 1. The quantitative estimate of drug-likeness (QED) is 0.436. The lowest BCUT2D eigenvalue weighted by Gasteiger charge is -2.08. The van der Waals surface area contributed by atoms with Crippen LogP contribution in [0.4, 0.5) is 16.8 Å². The summed E-state index contributed by atoms with van der Waals surface area (Å²) in [5.74, 6) is 0.886. The zero-order valence-electron chi connectivity index (χ0n) is 14.6. The molecule has 1 aromatic carbocycles. The predicted octanol–water partition coefficient (Wildman–Crippen LogP) is 2.50. The fourth-order valence-corrected chi connectivity index (χ4v) is 4.13. The van der Waals surface area contributed by atoms with E-state index in [0.717, 1.165) is 15.2 Å². The summed E-state index contributed by atoms with van der Waals surface area (Å²) in [6.07, 6.45) is 0. The number of benzene rings is 1. The fourth-order valence-electron chi connectivity index (χ4n) is 2.47. The zero-order chi connectivity index (χ0) is 19.0. The molecular weight excluding hydrogens is 384 g/mol. The van der Waals surface area contributed by atoms with E-state index in [-0.39, 0.29) is 17.3 Å². The van der Waals surface area contributed by atoms with E-state index < -0.39 is 0 Å². The Balaban J connectivity index is 1.47. The fraction of sp³-hybridized carbons (Fsp3) is 0.188. The number of nitrogen functional groups attached to an aromatic ring is 1. The molecule has 0 aliphatic carbocycles. The molecule has 11 heteroatoms. The van der Waals surface area contributed by atoms with Crippen LogP contribution in [0, 0.1) is 13.8 Å². The number of anilines is 3. The Kier molecular flexibility index (Phi) is 4.54. The van der Waals surface area contributed by atoms with Gasteiger partial charge in [-0.25, -0.2) is 4.98 Å². The van der Waals surface area contributed by atoms with Gasteiger partial charge in [-0.05, 0) is 31.0 Å². The molecule has 0 atom stereocenters. The van der Waals surface area contributed by atoms with Crippen molar-refractivity contribution < 1.29 is 0 Å². The van der Waals surface area contributed by atoms with Gasteiger partial charge in [0.1, 0.15) is 0 Å². The zero-order valence-corrected chi connectivity index (χ0v) is 16.2. The van der Waals surface area contributed by atoms with Crippen LogP contribution in [-0.4, -0.2) is 29.8 Å². The van der Waals surface area contributed by atoms with Gasteiger partial charge in [-0.15, -0.1) is 10.2 Å². The first kappa shape index (κ1) is 17.5. The van der Waals surface area contributed by atoms with Crippen LogP contribution in [-0.2, 0) is 5.75 Å². The smallest absolute Gasteiger partial charge is 0.274 e. The first-order chi connectivity index (χ1) is 13.0. The van der Waals surface area contributed by atoms with E-state index in [2.05, 4.69) is 50.5 Å². The van der Waals surface area contributed by atoms with E-state index in [4.69, 9.17) is 5.73 Å². The predicted molar refractivity (Wildman–Crippen MR) is 107 cm³/mol. The molecule has 0 fully saturated rings. The molecule has 0 spiro atoms. The number of hydrogen-bond acceptors (Lipinski definition) is 9. The first-order valence-electron chi connectivity index (χ1n) is 8.03. The van der Waals surface area contributed by atoms with Crippen molar-refractivity contribution >= 4 is 45.6 Å². The van der Waals surface area contributed by atoms with Gasteiger partial charge in [0.2, 0.25) is 11.1 Å². The third kappa shape index (κ3) is 3.64. The molecule has 138 valence electrons. The van der Waals surface area contributed by atoms with Crippen LogP contribution in [0.25, 0.3) is 5.78 Å². The van der Waals surface area contributed by atoms with Gasteiger partial charge in [-0.2, -0.15) is 9.50 Å². The van der Waals surface area contributed by atoms with Crippen molar-refractivity contribution in [3.8, 4) is 0 Å². The van der Waals surface area contributed by atoms with Crippen molar-refractivity contribution in [2.75, 3.05) is 11.1 Å². The third-order valence-electron chi connectivity index (χ3n) is 4.00. The van der Waals surface area contributed by atoms with E-state index in [9.17, 15) is 4.79 Å². The maximum Gasteiger partial charge on any atom is 0.274 e. The number of H-pyrrole nitrogens is 1. The monoisotopic (exact) mass is 400 g/mol. The number of nitrogens with one attached hydrogen (secondary N) is 2. The second kappa shape index (κ2) is 7.00. The number of rotatable bonds is 5. The highest BCUT2D eigenvalue weighted by atomic mass is 32.2. The van der Waals surface area contributed by atoms with Gasteiger partial charge in [0.15, 0.2) is 4.34 Å². The van der Waals surface area contributed by atoms with E-state index in [1.165, 1.54) is 44.8 Å². The summed E-state index contributed by atoms with van der Waals surface area (Å²) in [5, 5.41) is 15.0. The molecule has 4 N–H and O–H groups in total. The van der Waals surface area contributed by atoms with Crippen molar-refractivity contribution in [3.05, 3.63) is 51.4 Å².